The second-order valence-electron chi connectivity index (χ2n) is 5.57. The molecule has 0 aromatic heterocycles. The molecule has 0 spiro atoms. The van der Waals surface area contributed by atoms with Crippen LogP contribution in [0, 0.1) is 11.3 Å². The Hall–Kier alpha value is -0.300. The van der Waals surface area contributed by atoms with Crippen molar-refractivity contribution in [3.05, 3.63) is 11.6 Å². The van der Waals surface area contributed by atoms with Crippen LogP contribution >= 0.6 is 0 Å². The molecule has 0 aromatic carbocycles. The number of hydrogen-bond donors (Lipinski definition) is 0. The summed E-state index contributed by atoms with van der Waals surface area (Å²) < 4.78 is 5.80. The lowest BCUT2D eigenvalue weighted by Crippen LogP contribution is -2.36. The fourth-order valence-corrected chi connectivity index (χ4v) is 3.37. The average molecular weight is 208 g/mol. The quantitative estimate of drug-likeness (QED) is 0.638. The van der Waals surface area contributed by atoms with Crippen molar-refractivity contribution in [3.63, 3.8) is 0 Å². The Morgan fingerprint density at radius 2 is 2.40 bits per heavy atom. The van der Waals surface area contributed by atoms with E-state index in [0.717, 1.165) is 12.5 Å². The number of hydrogen-bond acceptors (Lipinski definition) is 1. The molecule has 2 aliphatic rings. The highest BCUT2D eigenvalue weighted by molar-refractivity contribution is 5.17. The molecule has 15 heavy (non-hydrogen) atoms. The van der Waals surface area contributed by atoms with E-state index in [1.165, 1.54) is 32.1 Å². The van der Waals surface area contributed by atoms with Crippen molar-refractivity contribution in [2.24, 2.45) is 11.3 Å². The lowest BCUT2D eigenvalue weighted by atomic mass is 9.65. The van der Waals surface area contributed by atoms with E-state index in [4.69, 9.17) is 4.74 Å². The number of allylic oxidation sites excluding steroid dienone is 1. The van der Waals surface area contributed by atoms with Gasteiger partial charge in [0.1, 0.15) is 0 Å². The van der Waals surface area contributed by atoms with Crippen molar-refractivity contribution < 1.29 is 4.74 Å². The lowest BCUT2D eigenvalue weighted by Gasteiger charge is -2.42. The van der Waals surface area contributed by atoms with Crippen LogP contribution in [0.2, 0.25) is 0 Å². The highest BCUT2D eigenvalue weighted by atomic mass is 16.5. The molecule has 0 aliphatic heterocycles. The molecule has 3 atom stereocenters. The first-order chi connectivity index (χ1) is 7.14. The molecular formula is C14H24O. The number of ether oxygens (including phenoxy) is 1. The van der Waals surface area contributed by atoms with Crippen molar-refractivity contribution >= 4 is 0 Å². The first kappa shape index (κ1) is 11.2. The highest BCUT2D eigenvalue weighted by Crippen LogP contribution is 2.46. The molecular weight excluding hydrogens is 184 g/mol. The monoisotopic (exact) mass is 208 g/mol. The van der Waals surface area contributed by atoms with E-state index in [9.17, 15) is 0 Å². The Morgan fingerprint density at radius 3 is 3.07 bits per heavy atom. The van der Waals surface area contributed by atoms with Crippen molar-refractivity contribution in [2.75, 3.05) is 6.61 Å². The maximum Gasteiger partial charge on any atom is 0.0634 e. The molecule has 86 valence electrons. The summed E-state index contributed by atoms with van der Waals surface area (Å²) in [5.74, 6) is 0.937. The van der Waals surface area contributed by atoms with E-state index in [1.807, 2.05) is 0 Å². The lowest BCUT2D eigenvalue weighted by molar-refractivity contribution is -0.00931. The van der Waals surface area contributed by atoms with E-state index < -0.39 is 0 Å². The summed E-state index contributed by atoms with van der Waals surface area (Å²) in [6.07, 6.45) is 9.79. The molecule has 0 N–H and O–H groups in total. The van der Waals surface area contributed by atoms with Gasteiger partial charge in [0.15, 0.2) is 0 Å². The normalized spacial score (nSPS) is 37.3. The number of fused-ring (bicyclic) bond motifs is 2. The molecule has 2 aliphatic carbocycles. The van der Waals surface area contributed by atoms with E-state index in [0.29, 0.717) is 11.5 Å². The Balaban J connectivity index is 2.14. The van der Waals surface area contributed by atoms with Gasteiger partial charge >= 0.3 is 0 Å². The molecule has 0 heterocycles. The molecule has 2 bridgehead atoms. The van der Waals surface area contributed by atoms with Gasteiger partial charge in [0.2, 0.25) is 0 Å². The smallest absolute Gasteiger partial charge is 0.0634 e. The molecule has 1 fully saturated rings. The Morgan fingerprint density at radius 1 is 1.60 bits per heavy atom. The van der Waals surface area contributed by atoms with Crippen LogP contribution in [0.4, 0.5) is 0 Å². The highest BCUT2D eigenvalue weighted by Gasteiger charge is 2.37. The Labute approximate surface area is 93.9 Å². The van der Waals surface area contributed by atoms with Gasteiger partial charge in [0.25, 0.3) is 0 Å². The van der Waals surface area contributed by atoms with Gasteiger partial charge in [-0.3, -0.25) is 0 Å². The standard InChI is InChI=1S/C14H24O/c1-4-15-11(2)14(3)9-12-6-5-7-13(8-12)10-14/h9,11,13H,4-8,10H2,1-3H3. The fraction of sp³-hybridized carbons (Fsp3) is 0.857. The summed E-state index contributed by atoms with van der Waals surface area (Å²) in [6.45, 7) is 7.55. The zero-order valence-corrected chi connectivity index (χ0v) is 10.4. The predicted molar refractivity (Wildman–Crippen MR) is 63.9 cm³/mol. The largest absolute Gasteiger partial charge is 0.378 e. The van der Waals surface area contributed by atoms with Crippen LogP contribution in [0.5, 0.6) is 0 Å². The third kappa shape index (κ3) is 2.28. The minimum Gasteiger partial charge on any atom is -0.378 e. The molecule has 3 unspecified atom stereocenters. The molecule has 1 heteroatoms. The van der Waals surface area contributed by atoms with E-state index >= 15 is 0 Å². The summed E-state index contributed by atoms with van der Waals surface area (Å²) in [7, 11) is 0. The van der Waals surface area contributed by atoms with Gasteiger partial charge < -0.3 is 4.74 Å². The first-order valence-electron chi connectivity index (χ1n) is 6.46. The van der Waals surface area contributed by atoms with Crippen LogP contribution < -0.4 is 0 Å². The van der Waals surface area contributed by atoms with Gasteiger partial charge in [-0.05, 0) is 51.9 Å². The Bertz CT molecular complexity index is 256. The second-order valence-corrected chi connectivity index (χ2v) is 5.57. The molecule has 1 nitrogen and oxygen atoms in total. The summed E-state index contributed by atoms with van der Waals surface area (Å²) >= 11 is 0. The molecule has 0 saturated heterocycles. The predicted octanol–water partition coefficient (Wildman–Crippen LogP) is 3.94. The summed E-state index contributed by atoms with van der Waals surface area (Å²) in [5.41, 5.74) is 2.00. The zero-order chi connectivity index (χ0) is 10.9. The molecule has 0 amide bonds. The van der Waals surface area contributed by atoms with Crippen molar-refractivity contribution in [1.82, 2.24) is 0 Å². The SMILES string of the molecule is CCOC(C)C1(C)C=C2CCCC(C2)C1. The van der Waals surface area contributed by atoms with E-state index in [2.05, 4.69) is 26.8 Å². The Kier molecular flexibility index (Phi) is 3.20. The van der Waals surface area contributed by atoms with Crippen LogP contribution in [-0.4, -0.2) is 12.7 Å². The van der Waals surface area contributed by atoms with Crippen molar-refractivity contribution in [1.29, 1.82) is 0 Å². The van der Waals surface area contributed by atoms with Crippen LogP contribution in [0.15, 0.2) is 11.6 Å². The van der Waals surface area contributed by atoms with Crippen LogP contribution in [0.25, 0.3) is 0 Å². The van der Waals surface area contributed by atoms with Gasteiger partial charge in [-0.25, -0.2) is 0 Å². The second kappa shape index (κ2) is 4.29. The minimum absolute atomic E-state index is 0.300. The molecule has 2 rings (SSSR count). The van der Waals surface area contributed by atoms with Gasteiger partial charge in [0, 0.05) is 12.0 Å². The van der Waals surface area contributed by atoms with E-state index in [1.54, 1.807) is 5.57 Å². The summed E-state index contributed by atoms with van der Waals surface area (Å²) in [5, 5.41) is 0. The molecule has 1 saturated carbocycles. The van der Waals surface area contributed by atoms with Gasteiger partial charge in [-0.2, -0.15) is 0 Å². The van der Waals surface area contributed by atoms with Crippen molar-refractivity contribution in [3.8, 4) is 0 Å². The van der Waals surface area contributed by atoms with Gasteiger partial charge in [0.05, 0.1) is 6.10 Å². The van der Waals surface area contributed by atoms with Gasteiger partial charge in [-0.15, -0.1) is 0 Å². The fourth-order valence-electron chi connectivity index (χ4n) is 3.37. The maximum atomic E-state index is 5.80. The van der Waals surface area contributed by atoms with Crippen molar-refractivity contribution in [2.45, 2.75) is 59.0 Å². The zero-order valence-electron chi connectivity index (χ0n) is 10.4. The minimum atomic E-state index is 0.300. The van der Waals surface area contributed by atoms with Crippen LogP contribution in [0.1, 0.15) is 52.9 Å². The third-order valence-corrected chi connectivity index (χ3v) is 4.27. The maximum absolute atomic E-state index is 5.80. The molecule has 0 aromatic rings. The average Bonchev–Trinajstić information content (AvgIpc) is 2.17. The number of rotatable bonds is 3. The third-order valence-electron chi connectivity index (χ3n) is 4.27. The first-order valence-corrected chi connectivity index (χ1v) is 6.46. The summed E-state index contributed by atoms with van der Waals surface area (Å²) in [4.78, 5) is 0. The van der Waals surface area contributed by atoms with Crippen LogP contribution in [0.3, 0.4) is 0 Å². The van der Waals surface area contributed by atoms with E-state index in [-0.39, 0.29) is 0 Å². The van der Waals surface area contributed by atoms with Crippen LogP contribution in [-0.2, 0) is 4.74 Å². The summed E-state index contributed by atoms with van der Waals surface area (Å²) in [6, 6.07) is 0. The topological polar surface area (TPSA) is 9.23 Å². The molecule has 0 radical (unpaired) electrons. The van der Waals surface area contributed by atoms with Gasteiger partial charge in [-0.1, -0.05) is 18.6 Å².